The molecule has 0 aromatic heterocycles. The van der Waals surface area contributed by atoms with Gasteiger partial charge in [0.25, 0.3) is 0 Å². The molecule has 5 heteroatoms. The molecule has 1 aliphatic heterocycles. The van der Waals surface area contributed by atoms with Gasteiger partial charge in [-0.05, 0) is 0 Å². The minimum Gasteiger partial charge on any atom is -0.478 e. The molecule has 0 atom stereocenters. The maximum atomic E-state index is 10.3. The van der Waals surface area contributed by atoms with Crippen LogP contribution in [0.25, 0.3) is 0 Å². The van der Waals surface area contributed by atoms with E-state index in [0.29, 0.717) is 0 Å². The van der Waals surface area contributed by atoms with Crippen molar-refractivity contribution < 1.29 is 19.8 Å². The standard InChI is InChI=1S/C6H7NO4/c8-5(9)4-1-2-7(3-4)6(10)11/h1H,2-3H2,(H,8,9)(H,10,11). The third-order valence-electron chi connectivity index (χ3n) is 1.46. The van der Waals surface area contributed by atoms with Gasteiger partial charge in [-0.25, -0.2) is 9.59 Å². The lowest BCUT2D eigenvalue weighted by Crippen LogP contribution is -2.27. The van der Waals surface area contributed by atoms with Crippen LogP contribution in [0.2, 0.25) is 0 Å². The molecule has 0 spiro atoms. The van der Waals surface area contributed by atoms with E-state index in [0.717, 1.165) is 4.90 Å². The van der Waals surface area contributed by atoms with Crippen molar-refractivity contribution in [1.82, 2.24) is 4.90 Å². The van der Waals surface area contributed by atoms with E-state index < -0.39 is 12.1 Å². The molecule has 0 saturated carbocycles. The fraction of sp³-hybridized carbons (Fsp3) is 0.333. The summed E-state index contributed by atoms with van der Waals surface area (Å²) in [7, 11) is 0. The number of carboxylic acid groups (broad SMARTS) is 2. The first kappa shape index (κ1) is 7.59. The summed E-state index contributed by atoms with van der Waals surface area (Å²) in [6.45, 7) is 0.168. The molecule has 5 nitrogen and oxygen atoms in total. The fourth-order valence-corrected chi connectivity index (χ4v) is 0.856. The molecule has 60 valence electrons. The van der Waals surface area contributed by atoms with Crippen molar-refractivity contribution in [3.8, 4) is 0 Å². The van der Waals surface area contributed by atoms with Gasteiger partial charge < -0.3 is 15.1 Å². The second-order valence-electron chi connectivity index (χ2n) is 2.20. The van der Waals surface area contributed by atoms with Gasteiger partial charge in [0.15, 0.2) is 0 Å². The maximum absolute atomic E-state index is 10.3. The van der Waals surface area contributed by atoms with Crippen LogP contribution in [0.15, 0.2) is 11.6 Å². The van der Waals surface area contributed by atoms with E-state index in [-0.39, 0.29) is 18.7 Å². The van der Waals surface area contributed by atoms with Gasteiger partial charge in [0.2, 0.25) is 0 Å². The van der Waals surface area contributed by atoms with E-state index in [9.17, 15) is 9.59 Å². The molecule has 1 aliphatic rings. The molecule has 1 rings (SSSR count). The molecular formula is C6H7NO4. The minimum absolute atomic E-state index is 0.00926. The van der Waals surface area contributed by atoms with Crippen LogP contribution < -0.4 is 0 Å². The average molecular weight is 157 g/mol. The predicted molar refractivity (Wildman–Crippen MR) is 35.3 cm³/mol. The van der Waals surface area contributed by atoms with E-state index in [4.69, 9.17) is 10.2 Å². The van der Waals surface area contributed by atoms with Crippen LogP contribution >= 0.6 is 0 Å². The quantitative estimate of drug-likeness (QED) is 0.561. The lowest BCUT2D eigenvalue weighted by atomic mass is 10.3. The highest BCUT2D eigenvalue weighted by Crippen LogP contribution is 2.08. The summed E-state index contributed by atoms with van der Waals surface area (Å²) in [4.78, 5) is 21.6. The van der Waals surface area contributed by atoms with Crippen molar-refractivity contribution in [3.05, 3.63) is 11.6 Å². The van der Waals surface area contributed by atoms with Crippen molar-refractivity contribution in [2.24, 2.45) is 0 Å². The number of rotatable bonds is 1. The van der Waals surface area contributed by atoms with Gasteiger partial charge in [-0.15, -0.1) is 0 Å². The number of hydrogen-bond acceptors (Lipinski definition) is 2. The van der Waals surface area contributed by atoms with Gasteiger partial charge in [-0.1, -0.05) is 6.08 Å². The van der Waals surface area contributed by atoms with Gasteiger partial charge >= 0.3 is 12.1 Å². The number of hydrogen-bond donors (Lipinski definition) is 2. The Hall–Kier alpha value is -1.52. The number of aliphatic carboxylic acids is 1. The summed E-state index contributed by atoms with van der Waals surface area (Å²) in [5, 5.41) is 16.8. The van der Waals surface area contributed by atoms with Crippen LogP contribution in [0.1, 0.15) is 0 Å². The molecule has 1 heterocycles. The van der Waals surface area contributed by atoms with Crippen molar-refractivity contribution in [2.75, 3.05) is 13.1 Å². The third-order valence-corrected chi connectivity index (χ3v) is 1.46. The normalized spacial score (nSPS) is 16.4. The maximum Gasteiger partial charge on any atom is 0.407 e. The smallest absolute Gasteiger partial charge is 0.407 e. The summed E-state index contributed by atoms with van der Waals surface area (Å²) in [6, 6.07) is 0. The number of carboxylic acids is 1. The summed E-state index contributed by atoms with van der Waals surface area (Å²) in [5.74, 6) is -1.05. The van der Waals surface area contributed by atoms with E-state index >= 15 is 0 Å². The Balaban J connectivity index is 2.56. The first-order valence-corrected chi connectivity index (χ1v) is 3.01. The molecule has 1 amide bonds. The highest BCUT2D eigenvalue weighted by Gasteiger charge is 2.22. The summed E-state index contributed by atoms with van der Waals surface area (Å²) in [6.07, 6.45) is 0.314. The monoisotopic (exact) mass is 157 g/mol. The van der Waals surface area contributed by atoms with Gasteiger partial charge in [-0.2, -0.15) is 0 Å². The average Bonchev–Trinajstić information content (AvgIpc) is 2.33. The summed E-state index contributed by atoms with van der Waals surface area (Å²) >= 11 is 0. The van der Waals surface area contributed by atoms with Crippen molar-refractivity contribution in [2.45, 2.75) is 0 Å². The van der Waals surface area contributed by atoms with E-state index in [1.54, 1.807) is 0 Å². The second-order valence-corrected chi connectivity index (χ2v) is 2.20. The summed E-state index contributed by atoms with van der Waals surface area (Å²) < 4.78 is 0. The Labute approximate surface area is 62.5 Å². The second kappa shape index (κ2) is 2.61. The Morgan fingerprint density at radius 3 is 2.36 bits per heavy atom. The van der Waals surface area contributed by atoms with Gasteiger partial charge in [0.1, 0.15) is 0 Å². The molecule has 0 fully saturated rings. The van der Waals surface area contributed by atoms with Crippen LogP contribution in [0.4, 0.5) is 4.79 Å². The van der Waals surface area contributed by atoms with E-state index in [1.165, 1.54) is 6.08 Å². The van der Waals surface area contributed by atoms with E-state index in [1.807, 2.05) is 0 Å². The minimum atomic E-state index is -1.09. The van der Waals surface area contributed by atoms with Crippen molar-refractivity contribution in [1.29, 1.82) is 0 Å². The predicted octanol–water partition coefficient (Wildman–Crippen LogP) is -0.00900. The van der Waals surface area contributed by atoms with Crippen LogP contribution in [-0.2, 0) is 4.79 Å². The summed E-state index contributed by atoms with van der Waals surface area (Å²) in [5.41, 5.74) is 0.146. The van der Waals surface area contributed by atoms with E-state index in [2.05, 4.69) is 0 Å². The Bertz CT molecular complexity index is 233. The molecule has 0 bridgehead atoms. The van der Waals surface area contributed by atoms with Gasteiger partial charge in [0.05, 0.1) is 12.1 Å². The van der Waals surface area contributed by atoms with Crippen LogP contribution in [0.3, 0.4) is 0 Å². The molecule has 0 saturated heterocycles. The van der Waals surface area contributed by atoms with Crippen LogP contribution in [0, 0.1) is 0 Å². The molecule has 0 unspecified atom stereocenters. The molecule has 2 N–H and O–H groups in total. The third kappa shape index (κ3) is 1.49. The largest absolute Gasteiger partial charge is 0.478 e. The van der Waals surface area contributed by atoms with Crippen LogP contribution in [-0.4, -0.2) is 40.3 Å². The highest BCUT2D eigenvalue weighted by molar-refractivity contribution is 5.88. The highest BCUT2D eigenvalue weighted by atomic mass is 16.4. The molecule has 0 aromatic carbocycles. The van der Waals surface area contributed by atoms with Gasteiger partial charge in [0, 0.05) is 6.54 Å². The Morgan fingerprint density at radius 1 is 1.45 bits per heavy atom. The molecule has 0 aliphatic carbocycles. The number of amides is 1. The van der Waals surface area contributed by atoms with Gasteiger partial charge in [-0.3, -0.25) is 0 Å². The molecule has 11 heavy (non-hydrogen) atoms. The zero-order chi connectivity index (χ0) is 8.43. The van der Waals surface area contributed by atoms with Crippen molar-refractivity contribution >= 4 is 12.1 Å². The number of carbonyl (C=O) groups is 2. The molecule has 0 radical (unpaired) electrons. The van der Waals surface area contributed by atoms with Crippen LogP contribution in [0.5, 0.6) is 0 Å². The zero-order valence-corrected chi connectivity index (χ0v) is 5.65. The first-order chi connectivity index (χ1) is 5.11. The SMILES string of the molecule is O=C(O)C1=CCN(C(=O)O)C1. The molecular weight excluding hydrogens is 150 g/mol. The molecule has 0 aromatic rings. The van der Waals surface area contributed by atoms with Crippen molar-refractivity contribution in [3.63, 3.8) is 0 Å². The fourth-order valence-electron chi connectivity index (χ4n) is 0.856. The number of nitrogens with zero attached hydrogens (tertiary/aromatic N) is 1. The Morgan fingerprint density at radius 2 is 2.09 bits per heavy atom. The lowest BCUT2D eigenvalue weighted by Gasteiger charge is -2.09. The Kier molecular flexibility index (Phi) is 1.80. The first-order valence-electron chi connectivity index (χ1n) is 3.01. The zero-order valence-electron chi connectivity index (χ0n) is 5.65. The lowest BCUT2D eigenvalue weighted by molar-refractivity contribution is -0.132. The topological polar surface area (TPSA) is 77.8 Å².